The van der Waals surface area contributed by atoms with Crippen LogP contribution < -0.4 is 0 Å². The number of hydrogen-bond acceptors (Lipinski definition) is 2. The van der Waals surface area contributed by atoms with Gasteiger partial charge in [0.05, 0.1) is 18.2 Å². The van der Waals surface area contributed by atoms with Crippen molar-refractivity contribution in [2.45, 2.75) is 20.8 Å². The van der Waals surface area contributed by atoms with Gasteiger partial charge in [0.1, 0.15) is 0 Å². The molecule has 1 fully saturated rings. The molecule has 12 heavy (non-hydrogen) atoms. The molecule has 70 valence electrons. The minimum absolute atomic E-state index is 0.262. The lowest BCUT2D eigenvalue weighted by atomic mass is 9.81. The Hall–Kier alpha value is -0.180. The van der Waals surface area contributed by atoms with E-state index in [1.54, 1.807) is 4.99 Å². The lowest BCUT2D eigenvalue weighted by Crippen LogP contribution is -2.33. The fourth-order valence-corrected chi connectivity index (χ4v) is 1.28. The third kappa shape index (κ3) is 2.41. The van der Waals surface area contributed by atoms with Crippen molar-refractivity contribution in [2.24, 2.45) is 11.3 Å². The fourth-order valence-electron chi connectivity index (χ4n) is 1.02. The Morgan fingerprint density at radius 1 is 1.33 bits per heavy atom. The van der Waals surface area contributed by atoms with E-state index in [0.717, 1.165) is 13.2 Å². The first-order valence-corrected chi connectivity index (χ1v) is 5.01. The minimum Gasteiger partial charge on any atom is -0.465 e. The summed E-state index contributed by atoms with van der Waals surface area (Å²) < 4.78 is 10.7. The molecule has 0 spiro atoms. The summed E-state index contributed by atoms with van der Waals surface area (Å²) in [5.74, 6) is 1.07. The minimum atomic E-state index is 0.262. The van der Waals surface area contributed by atoms with Crippen LogP contribution >= 0.6 is 15.9 Å². The van der Waals surface area contributed by atoms with Crippen molar-refractivity contribution in [3.05, 3.63) is 10.9 Å². The first-order chi connectivity index (χ1) is 5.54. The predicted molar refractivity (Wildman–Crippen MR) is 51.9 cm³/mol. The third-order valence-electron chi connectivity index (χ3n) is 2.17. The number of hydrogen-bond donors (Lipinski definition) is 0. The lowest BCUT2D eigenvalue weighted by molar-refractivity contribution is -0.0794. The maximum Gasteiger partial charge on any atom is 0.286 e. The highest BCUT2D eigenvalue weighted by atomic mass is 79.9. The molecular weight excluding hydrogens is 220 g/mol. The molecule has 0 atom stereocenters. The second-order valence-corrected chi connectivity index (χ2v) is 4.57. The summed E-state index contributed by atoms with van der Waals surface area (Å²) in [5, 5.41) is 0. The molecule has 3 heteroatoms. The van der Waals surface area contributed by atoms with E-state index in [9.17, 15) is 0 Å². The number of ether oxygens (including phenoxy) is 2. The molecule has 1 rings (SSSR count). The smallest absolute Gasteiger partial charge is 0.286 e. The van der Waals surface area contributed by atoms with E-state index in [4.69, 9.17) is 9.47 Å². The molecule has 0 bridgehead atoms. The zero-order valence-electron chi connectivity index (χ0n) is 7.76. The van der Waals surface area contributed by atoms with Crippen LogP contribution in [0.4, 0.5) is 0 Å². The predicted octanol–water partition coefficient (Wildman–Crippen LogP) is 2.89. The van der Waals surface area contributed by atoms with E-state index in [-0.39, 0.29) is 5.41 Å². The van der Waals surface area contributed by atoms with Gasteiger partial charge < -0.3 is 9.47 Å². The lowest BCUT2D eigenvalue weighted by Gasteiger charge is -2.34. The van der Waals surface area contributed by atoms with Gasteiger partial charge in [-0.1, -0.05) is 36.7 Å². The highest BCUT2D eigenvalue weighted by molar-refractivity contribution is 9.11. The van der Waals surface area contributed by atoms with Crippen molar-refractivity contribution in [2.75, 3.05) is 13.2 Å². The maximum atomic E-state index is 5.36. The average molecular weight is 235 g/mol. The SMILES string of the molecule is CC(C)(C)C1COC(=CBr)OC1. The number of rotatable bonds is 0. The molecule has 0 aliphatic carbocycles. The summed E-state index contributed by atoms with van der Waals surface area (Å²) in [6.07, 6.45) is 0. The number of halogens is 1. The second-order valence-electron chi connectivity index (χ2n) is 4.11. The Morgan fingerprint density at radius 3 is 2.17 bits per heavy atom. The van der Waals surface area contributed by atoms with Gasteiger partial charge >= 0.3 is 0 Å². The van der Waals surface area contributed by atoms with Crippen LogP contribution in [0.2, 0.25) is 0 Å². The van der Waals surface area contributed by atoms with Gasteiger partial charge in [-0.05, 0) is 5.41 Å². The van der Waals surface area contributed by atoms with Crippen molar-refractivity contribution in [3.8, 4) is 0 Å². The van der Waals surface area contributed by atoms with Gasteiger partial charge in [-0.25, -0.2) is 0 Å². The second kappa shape index (κ2) is 3.69. The van der Waals surface area contributed by atoms with Gasteiger partial charge in [-0.3, -0.25) is 0 Å². The summed E-state index contributed by atoms with van der Waals surface area (Å²) in [4.78, 5) is 1.67. The molecule has 2 nitrogen and oxygen atoms in total. The maximum absolute atomic E-state index is 5.36. The van der Waals surface area contributed by atoms with Gasteiger partial charge in [0.2, 0.25) is 0 Å². The summed E-state index contributed by atoms with van der Waals surface area (Å²) in [6.45, 7) is 8.11. The van der Waals surface area contributed by atoms with Gasteiger partial charge in [0.15, 0.2) is 0 Å². The third-order valence-corrected chi connectivity index (χ3v) is 2.54. The summed E-state index contributed by atoms with van der Waals surface area (Å²) in [7, 11) is 0. The molecule has 1 aliphatic heterocycles. The Balaban J connectivity index is 2.47. The first-order valence-electron chi connectivity index (χ1n) is 4.10. The van der Waals surface area contributed by atoms with Crippen molar-refractivity contribution >= 4 is 15.9 Å². The summed E-state index contributed by atoms with van der Waals surface area (Å²) in [6, 6.07) is 0. The molecule has 0 aromatic carbocycles. The molecule has 1 aliphatic rings. The summed E-state index contributed by atoms with van der Waals surface area (Å²) in [5.41, 5.74) is 0.262. The van der Waals surface area contributed by atoms with Crippen LogP contribution in [0.25, 0.3) is 0 Å². The van der Waals surface area contributed by atoms with Crippen LogP contribution in [0.15, 0.2) is 10.9 Å². The Bertz CT molecular complexity index is 171. The highest BCUT2D eigenvalue weighted by Crippen LogP contribution is 2.30. The van der Waals surface area contributed by atoms with Gasteiger partial charge in [-0.2, -0.15) is 0 Å². The van der Waals surface area contributed by atoms with E-state index < -0.39 is 0 Å². The van der Waals surface area contributed by atoms with E-state index in [0.29, 0.717) is 11.9 Å². The highest BCUT2D eigenvalue weighted by Gasteiger charge is 2.29. The monoisotopic (exact) mass is 234 g/mol. The standard InChI is InChI=1S/C9H15BrO2/c1-9(2,3)7-5-11-8(4-10)12-6-7/h4,7H,5-6H2,1-3H3. The van der Waals surface area contributed by atoms with E-state index in [2.05, 4.69) is 36.7 Å². The topological polar surface area (TPSA) is 18.5 Å². The molecule has 0 unspecified atom stereocenters. The summed E-state index contributed by atoms with van der Waals surface area (Å²) >= 11 is 3.17. The molecule has 0 aromatic heterocycles. The van der Waals surface area contributed by atoms with E-state index in [1.807, 2.05) is 0 Å². The molecule has 0 N–H and O–H groups in total. The van der Waals surface area contributed by atoms with Crippen LogP contribution in [-0.2, 0) is 9.47 Å². The average Bonchev–Trinajstić information content (AvgIpc) is 2.03. The quantitative estimate of drug-likeness (QED) is 0.642. The Morgan fingerprint density at radius 2 is 1.83 bits per heavy atom. The first kappa shape index (κ1) is 9.90. The van der Waals surface area contributed by atoms with Crippen molar-refractivity contribution in [1.82, 2.24) is 0 Å². The Kier molecular flexibility index (Phi) is 3.04. The normalized spacial score (nSPS) is 24.3. The molecule has 0 radical (unpaired) electrons. The molecular formula is C9H15BrO2. The zero-order chi connectivity index (χ0) is 9.19. The van der Waals surface area contributed by atoms with E-state index in [1.165, 1.54) is 0 Å². The van der Waals surface area contributed by atoms with Crippen LogP contribution in [0.5, 0.6) is 0 Å². The van der Waals surface area contributed by atoms with E-state index >= 15 is 0 Å². The Labute approximate surface area is 82.1 Å². The zero-order valence-corrected chi connectivity index (χ0v) is 9.35. The van der Waals surface area contributed by atoms with Crippen LogP contribution in [-0.4, -0.2) is 13.2 Å². The van der Waals surface area contributed by atoms with Gasteiger partial charge in [0.25, 0.3) is 5.95 Å². The molecule has 1 saturated heterocycles. The van der Waals surface area contributed by atoms with Gasteiger partial charge in [-0.15, -0.1) is 0 Å². The van der Waals surface area contributed by atoms with Crippen molar-refractivity contribution < 1.29 is 9.47 Å². The largest absolute Gasteiger partial charge is 0.465 e. The van der Waals surface area contributed by atoms with Crippen LogP contribution in [0.1, 0.15) is 20.8 Å². The van der Waals surface area contributed by atoms with Crippen LogP contribution in [0, 0.1) is 11.3 Å². The molecule has 0 saturated carbocycles. The molecule has 1 heterocycles. The van der Waals surface area contributed by atoms with Crippen molar-refractivity contribution in [1.29, 1.82) is 0 Å². The van der Waals surface area contributed by atoms with Crippen LogP contribution in [0.3, 0.4) is 0 Å². The molecule has 0 aromatic rings. The van der Waals surface area contributed by atoms with Crippen molar-refractivity contribution in [3.63, 3.8) is 0 Å². The fraction of sp³-hybridized carbons (Fsp3) is 0.778. The van der Waals surface area contributed by atoms with Gasteiger partial charge in [0, 0.05) is 5.92 Å². The molecule has 0 amide bonds.